The molecular formula is C8H13N3S. The van der Waals surface area contributed by atoms with Crippen LogP contribution in [0.4, 0.5) is 0 Å². The van der Waals surface area contributed by atoms with Crippen molar-refractivity contribution in [1.82, 2.24) is 9.97 Å². The first kappa shape index (κ1) is 8.13. The van der Waals surface area contributed by atoms with Crippen molar-refractivity contribution in [3.8, 4) is 0 Å². The largest absolute Gasteiger partial charge is 0.347 e. The van der Waals surface area contributed by atoms with Crippen LogP contribution in [0.2, 0.25) is 0 Å². The van der Waals surface area contributed by atoms with Gasteiger partial charge in [-0.3, -0.25) is 0 Å². The molecule has 1 atom stereocenters. The first-order valence-corrected chi connectivity index (χ1v) is 5.33. The number of rotatable bonds is 1. The van der Waals surface area contributed by atoms with E-state index in [-0.39, 0.29) is 5.54 Å². The lowest BCUT2D eigenvalue weighted by Crippen LogP contribution is -2.42. The molecule has 12 heavy (non-hydrogen) atoms. The molecule has 1 aromatic rings. The van der Waals surface area contributed by atoms with Gasteiger partial charge in [-0.1, -0.05) is 0 Å². The van der Waals surface area contributed by atoms with Gasteiger partial charge in [-0.25, -0.2) is 4.98 Å². The molecule has 2 rings (SSSR count). The summed E-state index contributed by atoms with van der Waals surface area (Å²) in [4.78, 5) is 7.32. The Hall–Kier alpha value is -0.480. The topological polar surface area (TPSA) is 54.7 Å². The van der Waals surface area contributed by atoms with Gasteiger partial charge in [0.25, 0.3) is 0 Å². The zero-order valence-electron chi connectivity index (χ0n) is 6.92. The van der Waals surface area contributed by atoms with Gasteiger partial charge in [0.2, 0.25) is 0 Å². The number of hydrogen-bond donors (Lipinski definition) is 2. The predicted molar refractivity (Wildman–Crippen MR) is 51.0 cm³/mol. The number of aromatic amines is 1. The minimum Gasteiger partial charge on any atom is -0.347 e. The molecule has 1 saturated heterocycles. The maximum atomic E-state index is 6.21. The van der Waals surface area contributed by atoms with Crippen LogP contribution in [-0.2, 0) is 5.54 Å². The normalized spacial score (nSPS) is 30.4. The highest BCUT2D eigenvalue weighted by atomic mass is 32.2. The Bertz CT molecular complexity index is 239. The molecule has 3 nitrogen and oxygen atoms in total. The molecule has 0 spiro atoms. The van der Waals surface area contributed by atoms with Crippen LogP contribution in [0.1, 0.15) is 18.7 Å². The molecule has 1 aromatic heterocycles. The quantitative estimate of drug-likeness (QED) is 0.685. The average Bonchev–Trinajstić information content (AvgIpc) is 2.58. The Labute approximate surface area is 76.1 Å². The maximum absolute atomic E-state index is 6.21. The zero-order chi connectivity index (χ0) is 8.44. The summed E-state index contributed by atoms with van der Waals surface area (Å²) in [5.41, 5.74) is 6.01. The fourth-order valence-corrected chi connectivity index (χ4v) is 2.68. The second kappa shape index (κ2) is 3.11. The Morgan fingerprint density at radius 1 is 1.67 bits per heavy atom. The lowest BCUT2D eigenvalue weighted by Gasteiger charge is -2.30. The summed E-state index contributed by atoms with van der Waals surface area (Å²) in [5, 5.41) is 0. The van der Waals surface area contributed by atoms with Gasteiger partial charge >= 0.3 is 0 Å². The van der Waals surface area contributed by atoms with Gasteiger partial charge in [-0.15, -0.1) is 0 Å². The van der Waals surface area contributed by atoms with Crippen LogP contribution in [0.25, 0.3) is 0 Å². The molecule has 1 aliphatic rings. The predicted octanol–water partition coefficient (Wildman–Crippen LogP) is 1.09. The number of hydrogen-bond acceptors (Lipinski definition) is 3. The minimum atomic E-state index is -0.202. The van der Waals surface area contributed by atoms with Crippen molar-refractivity contribution in [1.29, 1.82) is 0 Å². The Kier molecular flexibility index (Phi) is 2.11. The van der Waals surface area contributed by atoms with Gasteiger partial charge in [-0.05, 0) is 18.6 Å². The molecular weight excluding hydrogens is 170 g/mol. The van der Waals surface area contributed by atoms with Gasteiger partial charge in [0, 0.05) is 18.1 Å². The summed E-state index contributed by atoms with van der Waals surface area (Å²) >= 11 is 1.92. The number of H-pyrrole nitrogens is 1. The van der Waals surface area contributed by atoms with E-state index in [1.165, 1.54) is 12.2 Å². The lowest BCUT2D eigenvalue weighted by molar-refractivity contribution is 0.424. The third-order valence-electron chi connectivity index (χ3n) is 2.24. The van der Waals surface area contributed by atoms with Gasteiger partial charge in [0.15, 0.2) is 0 Å². The van der Waals surface area contributed by atoms with E-state index in [0.717, 1.165) is 18.0 Å². The van der Waals surface area contributed by atoms with Crippen molar-refractivity contribution in [3.05, 3.63) is 18.2 Å². The van der Waals surface area contributed by atoms with Gasteiger partial charge in [-0.2, -0.15) is 11.8 Å². The molecule has 0 radical (unpaired) electrons. The van der Waals surface area contributed by atoms with Crippen LogP contribution < -0.4 is 5.73 Å². The first-order valence-electron chi connectivity index (χ1n) is 4.18. The van der Waals surface area contributed by atoms with E-state index < -0.39 is 0 Å². The van der Waals surface area contributed by atoms with E-state index in [2.05, 4.69) is 9.97 Å². The van der Waals surface area contributed by atoms with Gasteiger partial charge < -0.3 is 10.7 Å². The van der Waals surface area contributed by atoms with Crippen LogP contribution in [0, 0.1) is 0 Å². The fourth-order valence-electron chi connectivity index (χ4n) is 1.54. The van der Waals surface area contributed by atoms with Crippen LogP contribution in [0.3, 0.4) is 0 Å². The maximum Gasteiger partial charge on any atom is 0.127 e. The summed E-state index contributed by atoms with van der Waals surface area (Å²) in [5.74, 6) is 3.16. The van der Waals surface area contributed by atoms with Crippen molar-refractivity contribution >= 4 is 11.8 Å². The van der Waals surface area contributed by atoms with Gasteiger partial charge in [0.1, 0.15) is 5.82 Å². The summed E-state index contributed by atoms with van der Waals surface area (Å²) in [6.07, 6.45) is 5.85. The van der Waals surface area contributed by atoms with E-state index in [1.54, 1.807) is 6.20 Å². The standard InChI is InChI=1S/C8H13N3S/c9-8(2-1-5-12-6-8)7-10-3-4-11-7/h3-4H,1-2,5-6,9H2,(H,10,11). The summed E-state index contributed by atoms with van der Waals surface area (Å²) in [6.45, 7) is 0. The zero-order valence-corrected chi connectivity index (χ0v) is 7.73. The molecule has 0 aliphatic carbocycles. The van der Waals surface area contributed by atoms with Crippen LogP contribution in [0.5, 0.6) is 0 Å². The summed E-state index contributed by atoms with van der Waals surface area (Å²) in [6, 6.07) is 0. The van der Waals surface area contributed by atoms with E-state index in [0.29, 0.717) is 0 Å². The Balaban J connectivity index is 2.19. The highest BCUT2D eigenvalue weighted by Gasteiger charge is 2.31. The Morgan fingerprint density at radius 3 is 3.17 bits per heavy atom. The van der Waals surface area contributed by atoms with Crippen molar-refractivity contribution in [2.75, 3.05) is 11.5 Å². The number of nitrogens with zero attached hydrogens (tertiary/aromatic N) is 1. The van der Waals surface area contributed by atoms with Crippen molar-refractivity contribution in [3.63, 3.8) is 0 Å². The lowest BCUT2D eigenvalue weighted by atomic mass is 9.96. The number of aromatic nitrogens is 2. The second-order valence-corrected chi connectivity index (χ2v) is 4.36. The Morgan fingerprint density at radius 2 is 2.58 bits per heavy atom. The third kappa shape index (κ3) is 1.36. The summed E-state index contributed by atoms with van der Waals surface area (Å²) in [7, 11) is 0. The molecule has 1 fully saturated rings. The number of nitrogens with two attached hydrogens (primary N) is 1. The number of thioether (sulfide) groups is 1. The van der Waals surface area contributed by atoms with Crippen molar-refractivity contribution in [2.24, 2.45) is 5.73 Å². The third-order valence-corrected chi connectivity index (χ3v) is 3.54. The molecule has 1 unspecified atom stereocenters. The van der Waals surface area contributed by atoms with E-state index in [4.69, 9.17) is 5.73 Å². The summed E-state index contributed by atoms with van der Waals surface area (Å²) < 4.78 is 0. The molecule has 2 heterocycles. The van der Waals surface area contributed by atoms with Crippen LogP contribution >= 0.6 is 11.8 Å². The minimum absolute atomic E-state index is 0.202. The van der Waals surface area contributed by atoms with Crippen LogP contribution in [0.15, 0.2) is 12.4 Å². The second-order valence-electron chi connectivity index (χ2n) is 3.25. The van der Waals surface area contributed by atoms with E-state index >= 15 is 0 Å². The van der Waals surface area contributed by atoms with E-state index in [1.807, 2.05) is 18.0 Å². The monoisotopic (exact) mass is 183 g/mol. The molecule has 1 aliphatic heterocycles. The molecule has 0 aromatic carbocycles. The molecule has 0 amide bonds. The number of imidazole rings is 1. The fraction of sp³-hybridized carbons (Fsp3) is 0.625. The molecule has 0 bridgehead atoms. The first-order chi connectivity index (χ1) is 5.81. The van der Waals surface area contributed by atoms with Crippen molar-refractivity contribution < 1.29 is 0 Å². The highest BCUT2D eigenvalue weighted by Crippen LogP contribution is 2.30. The average molecular weight is 183 g/mol. The SMILES string of the molecule is NC1(c2ncc[nH]2)CCCSC1. The smallest absolute Gasteiger partial charge is 0.127 e. The van der Waals surface area contributed by atoms with Gasteiger partial charge in [0.05, 0.1) is 5.54 Å². The molecule has 66 valence electrons. The van der Waals surface area contributed by atoms with Crippen molar-refractivity contribution in [2.45, 2.75) is 18.4 Å². The molecule has 0 saturated carbocycles. The molecule has 4 heteroatoms. The highest BCUT2D eigenvalue weighted by molar-refractivity contribution is 7.99. The van der Waals surface area contributed by atoms with E-state index in [9.17, 15) is 0 Å². The van der Waals surface area contributed by atoms with Crippen LogP contribution in [-0.4, -0.2) is 21.5 Å². The molecule has 3 N–H and O–H groups in total. The number of nitrogens with one attached hydrogen (secondary N) is 1.